The van der Waals surface area contributed by atoms with Gasteiger partial charge in [-0.25, -0.2) is 0 Å². The summed E-state index contributed by atoms with van der Waals surface area (Å²) in [6.07, 6.45) is 0.498. The average Bonchev–Trinajstić information content (AvgIpc) is 3.08. The summed E-state index contributed by atoms with van der Waals surface area (Å²) in [5.41, 5.74) is 0.603. The zero-order valence-electron chi connectivity index (χ0n) is 27.4. The topological polar surface area (TPSA) is 196 Å². The molecule has 13 heteroatoms. The van der Waals surface area contributed by atoms with Gasteiger partial charge in [0.2, 0.25) is 11.8 Å². The summed E-state index contributed by atoms with van der Waals surface area (Å²) in [6, 6.07) is 20.5. The number of pyridine rings is 1. The number of rotatable bonds is 14. The molecule has 1 heterocycles. The van der Waals surface area contributed by atoms with Gasteiger partial charge in [-0.3, -0.25) is 28.8 Å². The van der Waals surface area contributed by atoms with Gasteiger partial charge < -0.3 is 36.0 Å². The number of fused-ring (bicyclic) bond motifs is 1. The summed E-state index contributed by atoms with van der Waals surface area (Å²) in [5.74, 6) is -4.40. The molecule has 49 heavy (non-hydrogen) atoms. The minimum absolute atomic E-state index is 0.0205. The number of aromatic hydroxyl groups is 1. The van der Waals surface area contributed by atoms with Crippen LogP contribution in [0.4, 0.5) is 0 Å². The molecule has 0 saturated heterocycles. The van der Waals surface area contributed by atoms with Crippen molar-refractivity contribution in [1.29, 1.82) is 0 Å². The molecule has 4 aromatic rings. The van der Waals surface area contributed by atoms with Crippen LogP contribution in [0.2, 0.25) is 0 Å². The van der Waals surface area contributed by atoms with Gasteiger partial charge in [0.1, 0.15) is 29.9 Å². The van der Waals surface area contributed by atoms with Crippen LogP contribution in [0.5, 0.6) is 5.75 Å². The van der Waals surface area contributed by atoms with E-state index in [1.807, 2.05) is 44.2 Å². The third-order valence-corrected chi connectivity index (χ3v) is 7.81. The van der Waals surface area contributed by atoms with Crippen LogP contribution in [-0.4, -0.2) is 63.0 Å². The Bertz CT molecular complexity index is 1910. The first-order valence-corrected chi connectivity index (χ1v) is 15.7. The average molecular weight is 670 g/mol. The standard InChI is InChI=1S/C36H39N5O8/c1-21(2)16-26(40-34(47)27(18-22-10-6-4-7-11-22)39-32(45)24-12-8-5-9-13-24)33(46)37-19-23-14-15-28-25(17-23)31(44)30(36(49)41(28)3)35(48)38-20-29(42)43/h4-15,17,21,26-27,44H,16,18-20H2,1-3H3,(H,37,46)(H,38,48)(H,39,45)(H,40,47)(H,42,43)/t26-,27-/m0/s1. The van der Waals surface area contributed by atoms with Crippen molar-refractivity contribution in [3.63, 3.8) is 0 Å². The highest BCUT2D eigenvalue weighted by atomic mass is 16.4. The number of hydrogen-bond donors (Lipinski definition) is 6. The van der Waals surface area contributed by atoms with Crippen molar-refractivity contribution >= 4 is 40.5 Å². The maximum atomic E-state index is 13.7. The van der Waals surface area contributed by atoms with Crippen LogP contribution < -0.4 is 26.8 Å². The predicted octanol–water partition coefficient (Wildman–Crippen LogP) is 2.25. The second kappa shape index (κ2) is 16.2. The first kappa shape index (κ1) is 35.9. The van der Waals surface area contributed by atoms with Crippen LogP contribution in [0.15, 0.2) is 83.7 Å². The maximum absolute atomic E-state index is 13.7. The van der Waals surface area contributed by atoms with Crippen molar-refractivity contribution in [1.82, 2.24) is 25.8 Å². The molecule has 0 unspecified atom stereocenters. The fraction of sp³-hybridized carbons (Fsp3) is 0.278. The minimum Gasteiger partial charge on any atom is -0.506 e. The van der Waals surface area contributed by atoms with Gasteiger partial charge in [0.05, 0.1) is 5.52 Å². The fourth-order valence-corrected chi connectivity index (χ4v) is 5.32. The smallest absolute Gasteiger partial charge is 0.322 e. The Morgan fingerprint density at radius 1 is 0.776 bits per heavy atom. The predicted molar refractivity (Wildman–Crippen MR) is 182 cm³/mol. The van der Waals surface area contributed by atoms with Crippen LogP contribution in [0.3, 0.4) is 0 Å². The lowest BCUT2D eigenvalue weighted by Crippen LogP contribution is -2.54. The summed E-state index contributed by atoms with van der Waals surface area (Å²) in [5, 5.41) is 30.4. The quantitative estimate of drug-likeness (QED) is 0.118. The molecule has 1 aromatic heterocycles. The minimum atomic E-state index is -1.32. The molecule has 4 rings (SSSR count). The number of hydrogen-bond acceptors (Lipinski definition) is 7. The second-order valence-electron chi connectivity index (χ2n) is 12.0. The molecule has 13 nitrogen and oxygen atoms in total. The Kier molecular flexibility index (Phi) is 11.9. The van der Waals surface area contributed by atoms with E-state index in [1.54, 1.807) is 42.5 Å². The van der Waals surface area contributed by atoms with E-state index < -0.39 is 65.1 Å². The van der Waals surface area contributed by atoms with Crippen LogP contribution in [0, 0.1) is 5.92 Å². The third kappa shape index (κ3) is 9.31. The summed E-state index contributed by atoms with van der Waals surface area (Å²) >= 11 is 0. The molecule has 0 aliphatic carbocycles. The molecular formula is C36H39N5O8. The van der Waals surface area contributed by atoms with Gasteiger partial charge in [0, 0.05) is 31.0 Å². The molecule has 0 saturated carbocycles. The first-order valence-electron chi connectivity index (χ1n) is 15.7. The van der Waals surface area contributed by atoms with Crippen LogP contribution in [0.25, 0.3) is 10.9 Å². The van der Waals surface area contributed by atoms with Gasteiger partial charge in [0.15, 0.2) is 0 Å². The Hall–Kier alpha value is -5.98. The second-order valence-corrected chi connectivity index (χ2v) is 12.0. The lowest BCUT2D eigenvalue weighted by molar-refractivity contribution is -0.135. The molecule has 256 valence electrons. The van der Waals surface area contributed by atoms with Gasteiger partial charge >= 0.3 is 5.97 Å². The summed E-state index contributed by atoms with van der Waals surface area (Å²) < 4.78 is 1.16. The number of nitrogens with one attached hydrogen (secondary N) is 4. The van der Waals surface area contributed by atoms with Crippen molar-refractivity contribution < 1.29 is 34.2 Å². The molecule has 4 amide bonds. The summed E-state index contributed by atoms with van der Waals surface area (Å²) in [7, 11) is 1.41. The number of aromatic nitrogens is 1. The highest BCUT2D eigenvalue weighted by Gasteiger charge is 2.28. The molecule has 0 bridgehead atoms. The molecule has 0 radical (unpaired) electrons. The van der Waals surface area contributed by atoms with Crippen LogP contribution in [0.1, 0.15) is 52.1 Å². The molecule has 3 aromatic carbocycles. The van der Waals surface area contributed by atoms with E-state index in [9.17, 15) is 33.9 Å². The normalized spacial score (nSPS) is 12.2. The Labute approximate surface area is 282 Å². The fourth-order valence-electron chi connectivity index (χ4n) is 5.32. The number of carbonyl (C=O) groups is 5. The van der Waals surface area contributed by atoms with Crippen molar-refractivity contribution in [3.8, 4) is 5.75 Å². The van der Waals surface area contributed by atoms with E-state index in [1.165, 1.54) is 13.1 Å². The van der Waals surface area contributed by atoms with Crippen molar-refractivity contribution in [3.05, 3.63) is 111 Å². The van der Waals surface area contributed by atoms with E-state index in [2.05, 4.69) is 21.3 Å². The molecule has 0 spiro atoms. The lowest BCUT2D eigenvalue weighted by atomic mass is 10.0. The van der Waals surface area contributed by atoms with Gasteiger partial charge in [-0.05, 0) is 47.7 Å². The molecule has 0 fully saturated rings. The third-order valence-electron chi connectivity index (χ3n) is 7.81. The summed E-state index contributed by atoms with van der Waals surface area (Å²) in [4.78, 5) is 76.5. The van der Waals surface area contributed by atoms with Crippen LogP contribution >= 0.6 is 0 Å². The van der Waals surface area contributed by atoms with E-state index in [0.717, 1.165) is 10.1 Å². The number of benzene rings is 3. The Morgan fingerprint density at radius 2 is 1.43 bits per heavy atom. The van der Waals surface area contributed by atoms with Gasteiger partial charge in [-0.2, -0.15) is 0 Å². The molecule has 6 N–H and O–H groups in total. The number of nitrogens with zero attached hydrogens (tertiary/aromatic N) is 1. The lowest BCUT2D eigenvalue weighted by Gasteiger charge is -2.24. The van der Waals surface area contributed by atoms with Gasteiger partial charge in [-0.15, -0.1) is 0 Å². The van der Waals surface area contributed by atoms with E-state index in [4.69, 9.17) is 5.11 Å². The van der Waals surface area contributed by atoms with E-state index >= 15 is 0 Å². The Morgan fingerprint density at radius 3 is 2.06 bits per heavy atom. The maximum Gasteiger partial charge on any atom is 0.322 e. The molecule has 0 aliphatic rings. The van der Waals surface area contributed by atoms with Crippen LogP contribution in [-0.2, 0) is 34.4 Å². The highest BCUT2D eigenvalue weighted by Crippen LogP contribution is 2.27. The molecule has 2 atom stereocenters. The SMILES string of the molecule is CC(C)C[C@H](NC(=O)[C@H](Cc1ccccc1)NC(=O)c1ccccc1)C(=O)NCc1ccc2c(c1)c(O)c(C(=O)NCC(=O)O)c(=O)n2C. The van der Waals surface area contributed by atoms with Crippen molar-refractivity contribution in [2.24, 2.45) is 13.0 Å². The largest absolute Gasteiger partial charge is 0.506 e. The number of amides is 4. The number of carbonyl (C=O) groups excluding carboxylic acids is 4. The monoisotopic (exact) mass is 669 g/mol. The number of carboxylic acid groups (broad SMARTS) is 1. The van der Waals surface area contributed by atoms with Gasteiger partial charge in [-0.1, -0.05) is 68.4 Å². The number of aliphatic carboxylic acids is 1. The van der Waals surface area contributed by atoms with E-state index in [0.29, 0.717) is 23.1 Å². The number of carboxylic acids is 1. The molecule has 0 aliphatic heterocycles. The Balaban J connectivity index is 1.53. The summed E-state index contributed by atoms with van der Waals surface area (Å²) in [6.45, 7) is 3.05. The van der Waals surface area contributed by atoms with Crippen molar-refractivity contribution in [2.75, 3.05) is 6.54 Å². The van der Waals surface area contributed by atoms with Gasteiger partial charge in [0.25, 0.3) is 17.4 Å². The zero-order chi connectivity index (χ0) is 35.7. The molecular weight excluding hydrogens is 630 g/mol. The highest BCUT2D eigenvalue weighted by molar-refractivity contribution is 6.03. The zero-order valence-corrected chi connectivity index (χ0v) is 27.4. The van der Waals surface area contributed by atoms with Crippen molar-refractivity contribution in [2.45, 2.75) is 45.3 Å². The first-order chi connectivity index (χ1) is 23.3. The van der Waals surface area contributed by atoms with E-state index in [-0.39, 0.29) is 24.3 Å². The number of aryl methyl sites for hydroxylation is 1.